The van der Waals surface area contributed by atoms with Gasteiger partial charge in [0.05, 0.1) is 0 Å². The smallest absolute Gasteiger partial charge is 0.254 e. The monoisotopic (exact) mass is 322 g/mol. The third-order valence-corrected chi connectivity index (χ3v) is 5.32. The van der Waals surface area contributed by atoms with Gasteiger partial charge in [-0.3, -0.25) is 4.79 Å². The first-order valence-corrected chi connectivity index (χ1v) is 8.65. The van der Waals surface area contributed by atoms with Crippen LogP contribution in [0.1, 0.15) is 32.6 Å². The van der Waals surface area contributed by atoms with Crippen LogP contribution >= 0.6 is 0 Å². The number of aryl methyl sites for hydroxylation is 2. The fourth-order valence-electron chi connectivity index (χ4n) is 3.38. The van der Waals surface area contributed by atoms with Crippen LogP contribution in [0.5, 0.6) is 0 Å². The van der Waals surface area contributed by atoms with Crippen molar-refractivity contribution in [2.45, 2.75) is 27.7 Å². The van der Waals surface area contributed by atoms with E-state index >= 15 is 0 Å². The van der Waals surface area contributed by atoms with Gasteiger partial charge in [0.25, 0.3) is 5.91 Å². The molecule has 0 spiro atoms. The van der Waals surface area contributed by atoms with Gasteiger partial charge in [-0.1, -0.05) is 24.3 Å². The number of carbonyl (C=O) groups excluding carboxylic acids is 1. The fourth-order valence-corrected chi connectivity index (χ4v) is 3.38. The zero-order chi connectivity index (χ0) is 17.3. The number of rotatable bonds is 2. The second-order valence-electron chi connectivity index (χ2n) is 6.75. The molecule has 0 unspecified atom stereocenters. The van der Waals surface area contributed by atoms with E-state index in [4.69, 9.17) is 0 Å². The van der Waals surface area contributed by atoms with Crippen molar-refractivity contribution in [2.24, 2.45) is 0 Å². The zero-order valence-electron chi connectivity index (χ0n) is 15.1. The molecule has 0 radical (unpaired) electrons. The average Bonchev–Trinajstić information content (AvgIpc) is 2.59. The molecular formula is C21H26N2O. The Morgan fingerprint density at radius 3 is 2.04 bits per heavy atom. The summed E-state index contributed by atoms with van der Waals surface area (Å²) >= 11 is 0. The van der Waals surface area contributed by atoms with Gasteiger partial charge in [-0.25, -0.2) is 0 Å². The predicted octanol–water partition coefficient (Wildman–Crippen LogP) is 3.88. The third kappa shape index (κ3) is 3.03. The van der Waals surface area contributed by atoms with Crippen molar-refractivity contribution < 1.29 is 4.79 Å². The lowest BCUT2D eigenvalue weighted by Crippen LogP contribution is -2.49. The van der Waals surface area contributed by atoms with Crippen molar-refractivity contribution in [3.05, 3.63) is 64.2 Å². The van der Waals surface area contributed by atoms with Crippen LogP contribution < -0.4 is 4.90 Å². The van der Waals surface area contributed by atoms with Crippen LogP contribution in [0.4, 0.5) is 5.69 Å². The van der Waals surface area contributed by atoms with Gasteiger partial charge in [-0.05, 0) is 62.1 Å². The molecule has 1 aliphatic rings. The third-order valence-electron chi connectivity index (χ3n) is 5.32. The molecule has 1 saturated heterocycles. The van der Waals surface area contributed by atoms with E-state index in [1.165, 1.54) is 22.4 Å². The Kier molecular flexibility index (Phi) is 4.61. The molecule has 3 heteroatoms. The van der Waals surface area contributed by atoms with Crippen molar-refractivity contribution in [3.8, 4) is 0 Å². The number of amides is 1. The number of nitrogens with zero attached hydrogens (tertiary/aromatic N) is 2. The normalized spacial score (nSPS) is 14.8. The molecule has 2 aromatic carbocycles. The van der Waals surface area contributed by atoms with Crippen molar-refractivity contribution in [1.29, 1.82) is 0 Å². The fraction of sp³-hybridized carbons (Fsp3) is 0.381. The molecule has 126 valence electrons. The summed E-state index contributed by atoms with van der Waals surface area (Å²) in [7, 11) is 0. The van der Waals surface area contributed by atoms with Gasteiger partial charge in [0.1, 0.15) is 0 Å². The van der Waals surface area contributed by atoms with E-state index in [1.54, 1.807) is 0 Å². The second kappa shape index (κ2) is 6.68. The van der Waals surface area contributed by atoms with Crippen LogP contribution in [0.25, 0.3) is 0 Å². The molecule has 0 aromatic heterocycles. The lowest BCUT2D eigenvalue weighted by molar-refractivity contribution is 0.0746. The maximum Gasteiger partial charge on any atom is 0.254 e. The summed E-state index contributed by atoms with van der Waals surface area (Å²) in [6.07, 6.45) is 0. The Bertz CT molecular complexity index is 758. The first-order chi connectivity index (χ1) is 11.5. The quantitative estimate of drug-likeness (QED) is 0.837. The van der Waals surface area contributed by atoms with Gasteiger partial charge < -0.3 is 9.80 Å². The van der Waals surface area contributed by atoms with Crippen LogP contribution in [0.15, 0.2) is 36.4 Å². The van der Waals surface area contributed by atoms with Crippen LogP contribution in [0.2, 0.25) is 0 Å². The summed E-state index contributed by atoms with van der Waals surface area (Å²) < 4.78 is 0. The van der Waals surface area contributed by atoms with E-state index in [-0.39, 0.29) is 5.91 Å². The molecule has 0 atom stereocenters. The zero-order valence-corrected chi connectivity index (χ0v) is 15.1. The molecule has 1 fully saturated rings. The van der Waals surface area contributed by atoms with Crippen LogP contribution in [-0.4, -0.2) is 37.0 Å². The Labute approximate surface area is 144 Å². The van der Waals surface area contributed by atoms with Crippen molar-refractivity contribution in [2.75, 3.05) is 31.1 Å². The van der Waals surface area contributed by atoms with E-state index in [2.05, 4.69) is 49.9 Å². The standard InChI is InChI=1S/C21H26N2O/c1-15-7-5-9-19(17(15)3)21(24)23-13-11-22(12-14-23)20-10-6-8-16(2)18(20)4/h5-10H,11-14H2,1-4H3. The summed E-state index contributed by atoms with van der Waals surface area (Å²) in [6, 6.07) is 12.4. The highest BCUT2D eigenvalue weighted by atomic mass is 16.2. The van der Waals surface area contributed by atoms with Gasteiger partial charge in [-0.2, -0.15) is 0 Å². The first kappa shape index (κ1) is 16.6. The van der Waals surface area contributed by atoms with Crippen molar-refractivity contribution in [3.63, 3.8) is 0 Å². The maximum absolute atomic E-state index is 12.8. The minimum atomic E-state index is 0.164. The molecule has 2 aromatic rings. The van der Waals surface area contributed by atoms with Crippen LogP contribution in [-0.2, 0) is 0 Å². The lowest BCUT2D eigenvalue weighted by atomic mass is 10.0. The second-order valence-corrected chi connectivity index (χ2v) is 6.75. The number of hydrogen-bond acceptors (Lipinski definition) is 2. The van der Waals surface area contributed by atoms with Gasteiger partial charge >= 0.3 is 0 Å². The highest BCUT2D eigenvalue weighted by Gasteiger charge is 2.24. The molecule has 0 bridgehead atoms. The molecule has 0 N–H and O–H groups in total. The number of anilines is 1. The van der Waals surface area contributed by atoms with Gasteiger partial charge in [0, 0.05) is 37.4 Å². The highest BCUT2D eigenvalue weighted by Crippen LogP contribution is 2.24. The van der Waals surface area contributed by atoms with E-state index < -0.39 is 0 Å². The van der Waals surface area contributed by atoms with Gasteiger partial charge in [-0.15, -0.1) is 0 Å². The highest BCUT2D eigenvalue weighted by molar-refractivity contribution is 5.96. The number of piperazine rings is 1. The number of carbonyl (C=O) groups is 1. The molecule has 1 heterocycles. The summed E-state index contributed by atoms with van der Waals surface area (Å²) in [5.41, 5.74) is 7.08. The number of benzene rings is 2. The van der Waals surface area contributed by atoms with Gasteiger partial charge in [0.2, 0.25) is 0 Å². The van der Waals surface area contributed by atoms with Crippen molar-refractivity contribution in [1.82, 2.24) is 4.90 Å². The van der Waals surface area contributed by atoms with Crippen molar-refractivity contribution >= 4 is 11.6 Å². The Morgan fingerprint density at radius 1 is 0.792 bits per heavy atom. The SMILES string of the molecule is Cc1cccc(C(=O)N2CCN(c3cccc(C)c3C)CC2)c1C. The minimum absolute atomic E-state index is 0.164. The topological polar surface area (TPSA) is 23.6 Å². The predicted molar refractivity (Wildman–Crippen MR) is 99.9 cm³/mol. The summed E-state index contributed by atoms with van der Waals surface area (Å²) in [6.45, 7) is 11.8. The van der Waals surface area contributed by atoms with E-state index in [0.717, 1.165) is 37.3 Å². The van der Waals surface area contributed by atoms with E-state index in [9.17, 15) is 4.79 Å². The van der Waals surface area contributed by atoms with E-state index in [1.807, 2.05) is 24.0 Å². The number of hydrogen-bond donors (Lipinski definition) is 0. The van der Waals surface area contributed by atoms with Crippen LogP contribution in [0.3, 0.4) is 0 Å². The summed E-state index contributed by atoms with van der Waals surface area (Å²) in [5.74, 6) is 0.164. The largest absolute Gasteiger partial charge is 0.368 e. The maximum atomic E-state index is 12.8. The molecule has 0 aliphatic carbocycles. The summed E-state index contributed by atoms with van der Waals surface area (Å²) in [5, 5.41) is 0. The minimum Gasteiger partial charge on any atom is -0.368 e. The molecule has 1 aliphatic heterocycles. The first-order valence-electron chi connectivity index (χ1n) is 8.65. The van der Waals surface area contributed by atoms with E-state index in [0.29, 0.717) is 0 Å². The molecule has 3 nitrogen and oxygen atoms in total. The molecule has 3 rings (SSSR count). The lowest BCUT2D eigenvalue weighted by Gasteiger charge is -2.37. The summed E-state index contributed by atoms with van der Waals surface area (Å²) in [4.78, 5) is 17.2. The molecule has 1 amide bonds. The average molecular weight is 322 g/mol. The molecular weight excluding hydrogens is 296 g/mol. The van der Waals surface area contributed by atoms with Crippen LogP contribution in [0, 0.1) is 27.7 Å². The Morgan fingerprint density at radius 2 is 1.38 bits per heavy atom. The molecule has 24 heavy (non-hydrogen) atoms. The Balaban J connectivity index is 1.72. The Hall–Kier alpha value is -2.29. The molecule has 0 saturated carbocycles. The van der Waals surface area contributed by atoms with Gasteiger partial charge in [0.15, 0.2) is 0 Å².